The van der Waals surface area contributed by atoms with Crippen molar-refractivity contribution in [1.82, 2.24) is 0 Å². The highest BCUT2D eigenvalue weighted by atomic mass is 32.1. The van der Waals surface area contributed by atoms with Gasteiger partial charge < -0.3 is 4.90 Å². The first-order chi connectivity index (χ1) is 8.36. The third-order valence-corrected chi connectivity index (χ3v) is 4.65. The van der Waals surface area contributed by atoms with Gasteiger partial charge in [0.15, 0.2) is 6.29 Å². The number of hydrogen-bond donors (Lipinski definition) is 0. The quantitative estimate of drug-likeness (QED) is 0.765. The molecule has 2 heterocycles. The van der Waals surface area contributed by atoms with E-state index in [1.54, 1.807) is 11.3 Å². The number of anilines is 1. The van der Waals surface area contributed by atoms with Gasteiger partial charge in [0.25, 0.3) is 0 Å². The summed E-state index contributed by atoms with van der Waals surface area (Å²) in [6.07, 6.45) is 3.49. The molecule has 1 aliphatic carbocycles. The van der Waals surface area contributed by atoms with E-state index in [1.165, 1.54) is 34.7 Å². The van der Waals surface area contributed by atoms with Gasteiger partial charge in [0.1, 0.15) is 0 Å². The van der Waals surface area contributed by atoms with Gasteiger partial charge in [-0.15, -0.1) is 22.7 Å². The second-order valence-electron chi connectivity index (χ2n) is 4.26. The number of thiophene rings is 2. The van der Waals surface area contributed by atoms with E-state index >= 15 is 0 Å². The van der Waals surface area contributed by atoms with Gasteiger partial charge in [0.05, 0.1) is 11.4 Å². The van der Waals surface area contributed by atoms with Gasteiger partial charge in [0, 0.05) is 22.0 Å². The second-order valence-corrected chi connectivity index (χ2v) is 6.24. The average molecular weight is 263 g/mol. The fourth-order valence-corrected chi connectivity index (χ4v) is 3.35. The smallest absolute Gasteiger partial charge is 0.160 e. The zero-order valence-corrected chi connectivity index (χ0v) is 11.0. The third-order valence-electron chi connectivity index (χ3n) is 2.95. The number of aldehydes is 1. The zero-order chi connectivity index (χ0) is 11.7. The first-order valence-corrected chi connectivity index (χ1v) is 7.45. The maximum Gasteiger partial charge on any atom is 0.160 e. The van der Waals surface area contributed by atoms with Crippen LogP contribution in [-0.4, -0.2) is 12.3 Å². The lowest BCUT2D eigenvalue weighted by molar-refractivity contribution is 0.112. The van der Waals surface area contributed by atoms with Gasteiger partial charge in [-0.3, -0.25) is 4.79 Å². The van der Waals surface area contributed by atoms with Gasteiger partial charge in [-0.1, -0.05) is 6.07 Å². The fourth-order valence-electron chi connectivity index (χ4n) is 1.94. The SMILES string of the molecule is O=Cc1cc(N(Cc2cccs2)C2CC2)cs1. The molecule has 4 heteroatoms. The molecular formula is C13H13NOS2. The molecule has 0 radical (unpaired) electrons. The summed E-state index contributed by atoms with van der Waals surface area (Å²) in [5, 5.41) is 4.21. The molecule has 17 heavy (non-hydrogen) atoms. The Kier molecular flexibility index (Phi) is 2.99. The van der Waals surface area contributed by atoms with Gasteiger partial charge >= 0.3 is 0 Å². The van der Waals surface area contributed by atoms with Gasteiger partial charge in [-0.2, -0.15) is 0 Å². The molecule has 3 rings (SSSR count). The molecule has 0 bridgehead atoms. The lowest BCUT2D eigenvalue weighted by Gasteiger charge is -2.22. The van der Waals surface area contributed by atoms with Crippen LogP contribution >= 0.6 is 22.7 Å². The lowest BCUT2D eigenvalue weighted by Crippen LogP contribution is -2.23. The summed E-state index contributed by atoms with van der Waals surface area (Å²) in [5.41, 5.74) is 1.20. The predicted octanol–water partition coefficient (Wildman–Crippen LogP) is 3.79. The third kappa shape index (κ3) is 2.42. The van der Waals surface area contributed by atoms with E-state index in [9.17, 15) is 4.79 Å². The summed E-state index contributed by atoms with van der Waals surface area (Å²) in [7, 11) is 0. The Morgan fingerprint density at radius 3 is 2.88 bits per heavy atom. The van der Waals surface area contributed by atoms with Crippen molar-refractivity contribution in [1.29, 1.82) is 0 Å². The van der Waals surface area contributed by atoms with E-state index in [0.717, 1.165) is 17.7 Å². The molecule has 1 aliphatic rings. The van der Waals surface area contributed by atoms with Crippen LogP contribution in [0.1, 0.15) is 27.4 Å². The number of hydrogen-bond acceptors (Lipinski definition) is 4. The van der Waals surface area contributed by atoms with E-state index in [-0.39, 0.29) is 0 Å². The summed E-state index contributed by atoms with van der Waals surface area (Å²) >= 11 is 3.33. The highest BCUT2D eigenvalue weighted by Crippen LogP contribution is 2.35. The van der Waals surface area contributed by atoms with Crippen LogP contribution in [0.4, 0.5) is 5.69 Å². The van der Waals surface area contributed by atoms with Crippen molar-refractivity contribution in [3.8, 4) is 0 Å². The van der Waals surface area contributed by atoms with Crippen molar-refractivity contribution in [2.75, 3.05) is 4.90 Å². The largest absolute Gasteiger partial charge is 0.363 e. The van der Waals surface area contributed by atoms with E-state index in [2.05, 4.69) is 27.8 Å². The van der Waals surface area contributed by atoms with Gasteiger partial charge in [-0.05, 0) is 30.4 Å². The van der Waals surface area contributed by atoms with Crippen molar-refractivity contribution in [2.45, 2.75) is 25.4 Å². The zero-order valence-electron chi connectivity index (χ0n) is 9.33. The number of nitrogens with zero attached hydrogens (tertiary/aromatic N) is 1. The molecule has 2 nitrogen and oxygen atoms in total. The van der Waals surface area contributed by atoms with Crippen LogP contribution in [0.5, 0.6) is 0 Å². The molecule has 1 saturated carbocycles. The number of rotatable bonds is 5. The van der Waals surface area contributed by atoms with Crippen LogP contribution in [0.25, 0.3) is 0 Å². The summed E-state index contributed by atoms with van der Waals surface area (Å²) in [4.78, 5) is 15.4. The summed E-state index contributed by atoms with van der Waals surface area (Å²) in [5.74, 6) is 0. The Bertz CT molecular complexity index is 499. The Morgan fingerprint density at radius 1 is 1.41 bits per heavy atom. The van der Waals surface area contributed by atoms with Crippen LogP contribution in [0.2, 0.25) is 0 Å². The van der Waals surface area contributed by atoms with E-state index in [0.29, 0.717) is 6.04 Å². The molecule has 0 aromatic carbocycles. The molecule has 2 aromatic heterocycles. The molecule has 0 spiro atoms. The lowest BCUT2D eigenvalue weighted by atomic mass is 10.3. The first kappa shape index (κ1) is 11.0. The summed E-state index contributed by atoms with van der Waals surface area (Å²) < 4.78 is 0. The van der Waals surface area contributed by atoms with Crippen LogP contribution in [0, 0.1) is 0 Å². The Hall–Kier alpha value is -1.13. The van der Waals surface area contributed by atoms with Crippen LogP contribution < -0.4 is 4.90 Å². The average Bonchev–Trinajstić information content (AvgIpc) is 2.88. The van der Waals surface area contributed by atoms with Crippen LogP contribution in [0.15, 0.2) is 29.0 Å². The van der Waals surface area contributed by atoms with E-state index in [4.69, 9.17) is 0 Å². The highest BCUT2D eigenvalue weighted by Gasteiger charge is 2.29. The molecule has 0 unspecified atom stereocenters. The molecule has 1 fully saturated rings. The Balaban J connectivity index is 1.82. The Labute approximate surface area is 109 Å². The second kappa shape index (κ2) is 4.63. The Morgan fingerprint density at radius 2 is 2.29 bits per heavy atom. The molecule has 0 aliphatic heterocycles. The van der Waals surface area contributed by atoms with Crippen molar-refractivity contribution >= 4 is 34.6 Å². The van der Waals surface area contributed by atoms with Gasteiger partial charge in [0.2, 0.25) is 0 Å². The minimum absolute atomic E-state index is 0.672. The standard InChI is InChI=1S/C13H13NOS2/c15-8-13-6-11(9-17-13)14(10-3-4-10)7-12-2-1-5-16-12/h1-2,5-6,8-10H,3-4,7H2. The van der Waals surface area contributed by atoms with Crippen molar-refractivity contribution in [3.63, 3.8) is 0 Å². The molecular weight excluding hydrogens is 250 g/mol. The monoisotopic (exact) mass is 263 g/mol. The summed E-state index contributed by atoms with van der Waals surface area (Å²) in [6, 6.07) is 6.94. The molecule has 0 N–H and O–H groups in total. The van der Waals surface area contributed by atoms with Crippen molar-refractivity contribution in [2.24, 2.45) is 0 Å². The van der Waals surface area contributed by atoms with Gasteiger partial charge in [-0.25, -0.2) is 0 Å². The minimum atomic E-state index is 0.672. The molecule has 0 atom stereocenters. The van der Waals surface area contributed by atoms with E-state index < -0.39 is 0 Å². The number of carbonyl (C=O) groups excluding carboxylic acids is 1. The molecule has 0 saturated heterocycles. The maximum atomic E-state index is 10.7. The fraction of sp³-hybridized carbons (Fsp3) is 0.308. The molecule has 0 amide bonds. The summed E-state index contributed by atoms with van der Waals surface area (Å²) in [6.45, 7) is 0.970. The minimum Gasteiger partial charge on any atom is -0.363 e. The predicted molar refractivity (Wildman–Crippen MR) is 73.2 cm³/mol. The topological polar surface area (TPSA) is 20.3 Å². The van der Waals surface area contributed by atoms with Crippen LogP contribution in [-0.2, 0) is 6.54 Å². The molecule has 2 aromatic rings. The van der Waals surface area contributed by atoms with Crippen LogP contribution in [0.3, 0.4) is 0 Å². The normalized spacial score (nSPS) is 14.8. The first-order valence-electron chi connectivity index (χ1n) is 5.69. The van der Waals surface area contributed by atoms with Crippen molar-refractivity contribution in [3.05, 3.63) is 38.7 Å². The maximum absolute atomic E-state index is 10.7. The highest BCUT2D eigenvalue weighted by molar-refractivity contribution is 7.12. The van der Waals surface area contributed by atoms with E-state index in [1.807, 2.05) is 6.07 Å². The number of carbonyl (C=O) groups is 1. The molecule has 88 valence electrons. The van der Waals surface area contributed by atoms with Crippen molar-refractivity contribution < 1.29 is 4.79 Å².